The first-order valence-corrected chi connectivity index (χ1v) is 23.2. The quantitative estimate of drug-likeness (QED) is 0.0185. The SMILES string of the molecule is CCCCCCC/C=C/C(C)=C/CC/C=C/C(O)C(COC1OC(CO)C(O)C(O)C1O)NC(=O)C(O)CCCCCCCCCCCCCCCCCCCC. The van der Waals surface area contributed by atoms with E-state index in [0.29, 0.717) is 19.3 Å². The summed E-state index contributed by atoms with van der Waals surface area (Å²) in [6, 6.07) is -1.01. The molecule has 0 spiro atoms. The smallest absolute Gasteiger partial charge is 0.249 e. The van der Waals surface area contributed by atoms with Crippen LogP contribution >= 0.6 is 0 Å². The molecule has 8 atom stereocenters. The second-order valence-corrected chi connectivity index (χ2v) is 16.5. The predicted molar refractivity (Wildman–Crippen MR) is 232 cm³/mol. The Labute approximate surface area is 347 Å². The third-order valence-corrected chi connectivity index (χ3v) is 11.2. The van der Waals surface area contributed by atoms with Crippen LogP contribution in [0.2, 0.25) is 0 Å². The van der Waals surface area contributed by atoms with Crippen LogP contribution in [0.4, 0.5) is 0 Å². The van der Waals surface area contributed by atoms with E-state index in [4.69, 9.17) is 9.47 Å². The molecule has 1 fully saturated rings. The zero-order chi connectivity index (χ0) is 41.9. The molecule has 1 amide bonds. The lowest BCUT2D eigenvalue weighted by Gasteiger charge is -2.40. The molecule has 334 valence electrons. The Morgan fingerprint density at radius 2 is 1.18 bits per heavy atom. The Balaban J connectivity index is 2.47. The van der Waals surface area contributed by atoms with Crippen LogP contribution in [0, 0.1) is 0 Å². The molecule has 1 aliphatic rings. The van der Waals surface area contributed by atoms with Crippen molar-refractivity contribution < 1.29 is 44.9 Å². The standard InChI is InChI=1S/C47H87NO9/c1-4-6-8-10-12-13-14-15-16-17-18-19-20-21-22-24-26-30-35-41(51)46(55)48-39(37-56-47-45(54)44(53)43(52)42(36-49)57-47)40(50)34-31-27-29-33-38(3)32-28-25-23-11-9-7-5-2/h28,31-34,39-45,47,49-54H,4-27,29-30,35-37H2,1-3H3,(H,48,55)/b32-28+,34-31+,38-33+. The maximum absolute atomic E-state index is 13.1. The highest BCUT2D eigenvalue weighted by Gasteiger charge is 2.44. The molecule has 0 aromatic heterocycles. The van der Waals surface area contributed by atoms with Crippen molar-refractivity contribution in [3.8, 4) is 0 Å². The van der Waals surface area contributed by atoms with Gasteiger partial charge in [-0.05, 0) is 39.0 Å². The van der Waals surface area contributed by atoms with Crippen molar-refractivity contribution in [1.29, 1.82) is 0 Å². The van der Waals surface area contributed by atoms with Gasteiger partial charge in [0.1, 0.15) is 30.5 Å². The van der Waals surface area contributed by atoms with Gasteiger partial charge in [0.25, 0.3) is 0 Å². The number of unbranched alkanes of at least 4 members (excludes halogenated alkanes) is 23. The molecule has 57 heavy (non-hydrogen) atoms. The van der Waals surface area contributed by atoms with Gasteiger partial charge in [0, 0.05) is 0 Å². The maximum Gasteiger partial charge on any atom is 0.249 e. The summed E-state index contributed by atoms with van der Waals surface area (Å²) in [5, 5.41) is 64.7. The van der Waals surface area contributed by atoms with Crippen molar-refractivity contribution in [2.45, 2.75) is 243 Å². The molecule has 0 radical (unpaired) electrons. The molecule has 1 saturated heterocycles. The van der Waals surface area contributed by atoms with Crippen molar-refractivity contribution in [3.05, 3.63) is 36.0 Å². The van der Waals surface area contributed by atoms with Crippen LogP contribution in [0.15, 0.2) is 36.0 Å². The van der Waals surface area contributed by atoms with Crippen LogP contribution in [0.25, 0.3) is 0 Å². The molecule has 8 unspecified atom stereocenters. The van der Waals surface area contributed by atoms with Gasteiger partial charge in [0.2, 0.25) is 5.91 Å². The fourth-order valence-corrected chi connectivity index (χ4v) is 7.26. The molecule has 10 nitrogen and oxygen atoms in total. The highest BCUT2D eigenvalue weighted by atomic mass is 16.7. The predicted octanol–water partition coefficient (Wildman–Crippen LogP) is 8.64. The maximum atomic E-state index is 13.1. The highest BCUT2D eigenvalue weighted by molar-refractivity contribution is 5.80. The number of carbonyl (C=O) groups excluding carboxylic acids is 1. The highest BCUT2D eigenvalue weighted by Crippen LogP contribution is 2.23. The van der Waals surface area contributed by atoms with E-state index in [-0.39, 0.29) is 6.61 Å². The lowest BCUT2D eigenvalue weighted by Crippen LogP contribution is -2.60. The van der Waals surface area contributed by atoms with Crippen molar-refractivity contribution in [2.75, 3.05) is 13.2 Å². The average Bonchev–Trinajstić information content (AvgIpc) is 3.20. The first-order chi connectivity index (χ1) is 27.7. The Bertz CT molecular complexity index is 1030. The molecule has 0 bridgehead atoms. The largest absolute Gasteiger partial charge is 0.394 e. The molecule has 1 rings (SSSR count). The van der Waals surface area contributed by atoms with Gasteiger partial charge in [-0.25, -0.2) is 0 Å². The number of carbonyl (C=O) groups is 1. The number of hydrogen-bond donors (Lipinski definition) is 7. The van der Waals surface area contributed by atoms with E-state index >= 15 is 0 Å². The third-order valence-electron chi connectivity index (χ3n) is 11.2. The van der Waals surface area contributed by atoms with Crippen LogP contribution in [-0.2, 0) is 14.3 Å². The van der Waals surface area contributed by atoms with Gasteiger partial charge in [-0.15, -0.1) is 0 Å². The van der Waals surface area contributed by atoms with Crippen molar-refractivity contribution in [2.24, 2.45) is 0 Å². The van der Waals surface area contributed by atoms with E-state index in [9.17, 15) is 35.4 Å². The minimum absolute atomic E-state index is 0.301. The minimum atomic E-state index is -1.62. The lowest BCUT2D eigenvalue weighted by molar-refractivity contribution is -0.302. The van der Waals surface area contributed by atoms with Crippen molar-refractivity contribution >= 4 is 5.91 Å². The number of rotatable bonds is 37. The topological polar surface area (TPSA) is 169 Å². The van der Waals surface area contributed by atoms with E-state index in [1.54, 1.807) is 6.08 Å². The summed E-state index contributed by atoms with van der Waals surface area (Å²) in [4.78, 5) is 13.1. The van der Waals surface area contributed by atoms with E-state index in [2.05, 4.69) is 44.3 Å². The molecular weight excluding hydrogens is 723 g/mol. The number of aliphatic hydroxyl groups is 6. The normalized spacial score (nSPS) is 22.1. The summed E-state index contributed by atoms with van der Waals surface area (Å²) in [7, 11) is 0. The van der Waals surface area contributed by atoms with Crippen LogP contribution < -0.4 is 5.32 Å². The molecule has 0 aromatic rings. The van der Waals surface area contributed by atoms with Crippen LogP contribution in [0.5, 0.6) is 0 Å². The summed E-state index contributed by atoms with van der Waals surface area (Å²) in [5.41, 5.74) is 1.18. The van der Waals surface area contributed by atoms with Crippen LogP contribution in [0.3, 0.4) is 0 Å². The molecule has 0 aliphatic carbocycles. The first-order valence-electron chi connectivity index (χ1n) is 23.2. The molecule has 10 heteroatoms. The molecule has 7 N–H and O–H groups in total. The third kappa shape index (κ3) is 27.0. The van der Waals surface area contributed by atoms with Crippen LogP contribution in [-0.4, -0.2) is 98.7 Å². The van der Waals surface area contributed by atoms with Crippen molar-refractivity contribution in [1.82, 2.24) is 5.32 Å². The fourth-order valence-electron chi connectivity index (χ4n) is 7.26. The number of nitrogens with one attached hydrogen (secondary N) is 1. The zero-order valence-electron chi connectivity index (χ0n) is 36.4. The monoisotopic (exact) mass is 810 g/mol. The molecular formula is C47H87NO9. The van der Waals surface area contributed by atoms with E-state index in [1.807, 2.05) is 6.08 Å². The fraction of sp³-hybridized carbons (Fsp3) is 0.851. The van der Waals surface area contributed by atoms with E-state index in [0.717, 1.165) is 32.1 Å². The van der Waals surface area contributed by atoms with Gasteiger partial charge in [-0.1, -0.05) is 191 Å². The van der Waals surface area contributed by atoms with Gasteiger partial charge in [0.15, 0.2) is 6.29 Å². The van der Waals surface area contributed by atoms with Crippen molar-refractivity contribution in [3.63, 3.8) is 0 Å². The molecule has 1 heterocycles. The second kappa shape index (κ2) is 36.2. The van der Waals surface area contributed by atoms with Gasteiger partial charge in [-0.3, -0.25) is 4.79 Å². The van der Waals surface area contributed by atoms with Crippen LogP contribution in [0.1, 0.15) is 194 Å². The molecule has 0 aromatic carbocycles. The van der Waals surface area contributed by atoms with E-state index in [1.165, 1.54) is 128 Å². The Morgan fingerprint density at radius 3 is 1.70 bits per heavy atom. The first kappa shape index (κ1) is 53.4. The number of ether oxygens (including phenoxy) is 2. The Kier molecular flexibility index (Phi) is 33.9. The number of aliphatic hydroxyl groups excluding tert-OH is 6. The number of hydrogen-bond acceptors (Lipinski definition) is 9. The van der Waals surface area contributed by atoms with E-state index < -0.39 is 61.5 Å². The lowest BCUT2D eigenvalue weighted by atomic mass is 9.99. The summed E-state index contributed by atoms with van der Waals surface area (Å²) >= 11 is 0. The van der Waals surface area contributed by atoms with Gasteiger partial charge in [-0.2, -0.15) is 0 Å². The summed E-state index contributed by atoms with van der Waals surface area (Å²) in [6.45, 7) is 5.62. The Hall–Kier alpha value is -1.63. The summed E-state index contributed by atoms with van der Waals surface area (Å²) in [6.07, 6.45) is 32.0. The second-order valence-electron chi connectivity index (χ2n) is 16.5. The van der Waals surface area contributed by atoms with Gasteiger partial charge < -0.3 is 45.4 Å². The molecule has 0 saturated carbocycles. The Morgan fingerprint density at radius 1 is 0.667 bits per heavy atom. The summed E-state index contributed by atoms with van der Waals surface area (Å²) in [5.74, 6) is -0.632. The summed E-state index contributed by atoms with van der Waals surface area (Å²) < 4.78 is 11.1. The van der Waals surface area contributed by atoms with Gasteiger partial charge >= 0.3 is 0 Å². The number of amides is 1. The molecule has 1 aliphatic heterocycles. The van der Waals surface area contributed by atoms with Gasteiger partial charge in [0.05, 0.1) is 25.4 Å². The number of allylic oxidation sites excluding steroid dienone is 5. The minimum Gasteiger partial charge on any atom is -0.394 e. The average molecular weight is 810 g/mol. The zero-order valence-corrected chi connectivity index (χ0v) is 36.4.